The fourth-order valence-electron chi connectivity index (χ4n) is 2.14. The molecule has 2 rings (SSSR count). The Kier molecular flexibility index (Phi) is 5.21. The smallest absolute Gasteiger partial charge is 0.0359 e. The molecular formula is C17H21BrN2. The van der Waals surface area contributed by atoms with Crippen LogP contribution in [0.2, 0.25) is 0 Å². The maximum Gasteiger partial charge on any atom is 0.0359 e. The maximum atomic E-state index is 6.05. The zero-order chi connectivity index (χ0) is 14.5. The molecule has 2 nitrogen and oxygen atoms in total. The van der Waals surface area contributed by atoms with Crippen molar-refractivity contribution < 1.29 is 0 Å². The molecule has 0 radical (unpaired) electrons. The summed E-state index contributed by atoms with van der Waals surface area (Å²) in [4.78, 5) is 2.43. The lowest BCUT2D eigenvalue weighted by Crippen LogP contribution is -2.30. The Morgan fingerprint density at radius 1 is 1.00 bits per heavy atom. The van der Waals surface area contributed by atoms with Gasteiger partial charge in [0.15, 0.2) is 0 Å². The van der Waals surface area contributed by atoms with Crippen LogP contribution < -0.4 is 5.73 Å². The molecule has 0 amide bonds. The van der Waals surface area contributed by atoms with E-state index >= 15 is 0 Å². The number of anilines is 1. The van der Waals surface area contributed by atoms with Gasteiger partial charge in [0.05, 0.1) is 0 Å². The highest BCUT2D eigenvalue weighted by atomic mass is 79.9. The van der Waals surface area contributed by atoms with Crippen LogP contribution in [0.25, 0.3) is 0 Å². The van der Waals surface area contributed by atoms with Crippen molar-refractivity contribution in [1.29, 1.82) is 0 Å². The summed E-state index contributed by atoms with van der Waals surface area (Å²) < 4.78 is 1.12. The lowest BCUT2D eigenvalue weighted by molar-refractivity contribution is 0.204. The first kappa shape index (κ1) is 15.1. The van der Waals surface area contributed by atoms with Crippen molar-refractivity contribution in [3.63, 3.8) is 0 Å². The van der Waals surface area contributed by atoms with Crippen molar-refractivity contribution in [3.8, 4) is 0 Å². The van der Waals surface area contributed by atoms with Crippen LogP contribution >= 0.6 is 15.9 Å². The molecule has 2 N–H and O–H groups in total. The molecule has 2 aromatic rings. The van der Waals surface area contributed by atoms with Gasteiger partial charge in [-0.25, -0.2) is 0 Å². The molecule has 0 aliphatic carbocycles. The lowest BCUT2D eigenvalue weighted by Gasteiger charge is -2.27. The van der Waals surface area contributed by atoms with Gasteiger partial charge in [-0.15, -0.1) is 0 Å². The normalized spacial score (nSPS) is 11.2. The predicted octanol–water partition coefficient (Wildman–Crippen LogP) is 4.44. The van der Waals surface area contributed by atoms with Gasteiger partial charge < -0.3 is 5.73 Å². The van der Waals surface area contributed by atoms with E-state index in [9.17, 15) is 0 Å². The summed E-state index contributed by atoms with van der Waals surface area (Å²) in [6, 6.07) is 17.1. The van der Waals surface area contributed by atoms with Crippen LogP contribution in [0.5, 0.6) is 0 Å². The minimum absolute atomic E-state index is 0.471. The first-order valence-corrected chi connectivity index (χ1v) is 7.67. The van der Waals surface area contributed by atoms with Crippen molar-refractivity contribution in [2.24, 2.45) is 0 Å². The van der Waals surface area contributed by atoms with Crippen LogP contribution in [-0.2, 0) is 13.1 Å². The highest BCUT2D eigenvalue weighted by Gasteiger charge is 2.12. The van der Waals surface area contributed by atoms with Crippen molar-refractivity contribution in [1.82, 2.24) is 4.90 Å². The highest BCUT2D eigenvalue weighted by Crippen LogP contribution is 2.18. The molecule has 0 aliphatic heterocycles. The second-order valence-corrected chi connectivity index (χ2v) is 6.24. The van der Waals surface area contributed by atoms with Crippen molar-refractivity contribution in [3.05, 3.63) is 64.1 Å². The third kappa shape index (κ3) is 4.09. The number of nitrogens with two attached hydrogens (primary N) is 1. The summed E-state index contributed by atoms with van der Waals surface area (Å²) in [6.45, 7) is 6.25. The number of para-hydroxylation sites is 1. The van der Waals surface area contributed by atoms with E-state index in [0.717, 1.165) is 23.2 Å². The SMILES string of the molecule is CC(C)N(Cc1ccc(Br)cc1)Cc1ccccc1N. The monoisotopic (exact) mass is 332 g/mol. The summed E-state index contributed by atoms with van der Waals surface area (Å²) in [5, 5.41) is 0. The molecule has 0 bridgehead atoms. The molecular weight excluding hydrogens is 312 g/mol. The average molecular weight is 333 g/mol. The fraction of sp³-hybridized carbons (Fsp3) is 0.294. The number of hydrogen-bond acceptors (Lipinski definition) is 2. The van der Waals surface area contributed by atoms with Crippen LogP contribution in [0.3, 0.4) is 0 Å². The number of nitrogens with zero attached hydrogens (tertiary/aromatic N) is 1. The predicted molar refractivity (Wildman–Crippen MR) is 89.4 cm³/mol. The second kappa shape index (κ2) is 6.91. The Hall–Kier alpha value is -1.32. The van der Waals surface area contributed by atoms with E-state index in [0.29, 0.717) is 6.04 Å². The van der Waals surface area contributed by atoms with Crippen molar-refractivity contribution in [2.45, 2.75) is 33.0 Å². The van der Waals surface area contributed by atoms with Crippen molar-refractivity contribution >= 4 is 21.6 Å². The largest absolute Gasteiger partial charge is 0.398 e. The standard InChI is InChI=1S/C17H21BrN2/c1-13(2)20(11-14-7-9-16(18)10-8-14)12-15-5-3-4-6-17(15)19/h3-10,13H,11-12,19H2,1-2H3. The van der Waals surface area contributed by atoms with Gasteiger partial charge in [0, 0.05) is 29.3 Å². The Labute approximate surface area is 129 Å². The summed E-state index contributed by atoms with van der Waals surface area (Å²) in [5.41, 5.74) is 9.43. The number of rotatable bonds is 5. The van der Waals surface area contributed by atoms with Gasteiger partial charge in [0.2, 0.25) is 0 Å². The van der Waals surface area contributed by atoms with Gasteiger partial charge in [-0.1, -0.05) is 46.3 Å². The molecule has 0 unspecified atom stereocenters. The first-order chi connectivity index (χ1) is 9.56. The van der Waals surface area contributed by atoms with Crippen molar-refractivity contribution in [2.75, 3.05) is 5.73 Å². The third-order valence-electron chi connectivity index (χ3n) is 3.46. The van der Waals surface area contributed by atoms with Crippen LogP contribution in [0.4, 0.5) is 5.69 Å². The quantitative estimate of drug-likeness (QED) is 0.820. The molecule has 3 heteroatoms. The van der Waals surface area contributed by atoms with Gasteiger partial charge >= 0.3 is 0 Å². The summed E-state index contributed by atoms with van der Waals surface area (Å²) in [5.74, 6) is 0. The molecule has 0 spiro atoms. The van der Waals surface area contributed by atoms with E-state index in [4.69, 9.17) is 5.73 Å². The molecule has 0 saturated heterocycles. The molecule has 2 aromatic carbocycles. The molecule has 106 valence electrons. The molecule has 0 fully saturated rings. The Morgan fingerprint density at radius 2 is 1.65 bits per heavy atom. The van der Waals surface area contributed by atoms with E-state index < -0.39 is 0 Å². The number of hydrogen-bond donors (Lipinski definition) is 1. The minimum Gasteiger partial charge on any atom is -0.398 e. The van der Waals surface area contributed by atoms with Crippen LogP contribution in [0, 0.1) is 0 Å². The van der Waals surface area contributed by atoms with E-state index in [1.807, 2.05) is 18.2 Å². The van der Waals surface area contributed by atoms with Crippen LogP contribution in [0.1, 0.15) is 25.0 Å². The zero-order valence-corrected chi connectivity index (χ0v) is 13.6. The molecule has 0 atom stereocenters. The molecule has 0 heterocycles. The van der Waals surface area contributed by atoms with E-state index in [-0.39, 0.29) is 0 Å². The molecule has 0 aliphatic rings. The van der Waals surface area contributed by atoms with E-state index in [1.54, 1.807) is 0 Å². The molecule has 0 aromatic heterocycles. The Bertz CT molecular complexity index is 549. The fourth-order valence-corrected chi connectivity index (χ4v) is 2.41. The van der Waals surface area contributed by atoms with Gasteiger partial charge in [-0.05, 0) is 43.2 Å². The number of benzene rings is 2. The third-order valence-corrected chi connectivity index (χ3v) is 3.99. The first-order valence-electron chi connectivity index (χ1n) is 6.88. The van der Waals surface area contributed by atoms with E-state index in [1.165, 1.54) is 11.1 Å². The number of nitrogen functional groups attached to an aromatic ring is 1. The molecule has 0 saturated carbocycles. The van der Waals surface area contributed by atoms with E-state index in [2.05, 4.69) is 65.0 Å². The summed E-state index contributed by atoms with van der Waals surface area (Å²) in [7, 11) is 0. The topological polar surface area (TPSA) is 29.3 Å². The summed E-state index contributed by atoms with van der Waals surface area (Å²) in [6.07, 6.45) is 0. The van der Waals surface area contributed by atoms with Crippen LogP contribution in [0.15, 0.2) is 53.0 Å². The van der Waals surface area contributed by atoms with Gasteiger partial charge in [0.25, 0.3) is 0 Å². The second-order valence-electron chi connectivity index (χ2n) is 5.32. The summed E-state index contributed by atoms with van der Waals surface area (Å²) >= 11 is 3.47. The zero-order valence-electron chi connectivity index (χ0n) is 12.0. The molecule has 20 heavy (non-hydrogen) atoms. The number of halogens is 1. The maximum absolute atomic E-state index is 6.05. The van der Waals surface area contributed by atoms with Crippen LogP contribution in [-0.4, -0.2) is 10.9 Å². The lowest BCUT2D eigenvalue weighted by atomic mass is 10.1. The Morgan fingerprint density at radius 3 is 2.25 bits per heavy atom. The highest BCUT2D eigenvalue weighted by molar-refractivity contribution is 9.10. The van der Waals surface area contributed by atoms with Gasteiger partial charge in [-0.3, -0.25) is 4.90 Å². The van der Waals surface area contributed by atoms with Gasteiger partial charge in [-0.2, -0.15) is 0 Å². The van der Waals surface area contributed by atoms with Gasteiger partial charge in [0.1, 0.15) is 0 Å². The minimum atomic E-state index is 0.471. The average Bonchev–Trinajstić information content (AvgIpc) is 2.42. The Balaban J connectivity index is 2.11.